The van der Waals surface area contributed by atoms with Crippen LogP contribution < -0.4 is 19.5 Å². The number of morpholine rings is 1. The van der Waals surface area contributed by atoms with Gasteiger partial charge < -0.3 is 29.2 Å². The van der Waals surface area contributed by atoms with E-state index in [-0.39, 0.29) is 18.4 Å². The van der Waals surface area contributed by atoms with Crippen LogP contribution in [0.5, 0.6) is 17.2 Å². The molecule has 2 heterocycles. The van der Waals surface area contributed by atoms with Gasteiger partial charge >= 0.3 is 0 Å². The van der Waals surface area contributed by atoms with Crippen molar-refractivity contribution in [2.75, 3.05) is 47.1 Å². The molecule has 178 valence electrons. The molecule has 2 amide bonds. The second kappa shape index (κ2) is 11.1. The highest BCUT2D eigenvalue weighted by atomic mass is 32.2. The van der Waals surface area contributed by atoms with Gasteiger partial charge in [-0.1, -0.05) is 6.07 Å². The van der Waals surface area contributed by atoms with Crippen LogP contribution in [0.15, 0.2) is 52.4 Å². The van der Waals surface area contributed by atoms with Gasteiger partial charge in [0, 0.05) is 13.1 Å². The van der Waals surface area contributed by atoms with Crippen molar-refractivity contribution in [2.45, 2.75) is 0 Å². The predicted molar refractivity (Wildman–Crippen MR) is 130 cm³/mol. The third-order valence-corrected chi connectivity index (χ3v) is 6.06. The maximum absolute atomic E-state index is 12.4. The van der Waals surface area contributed by atoms with Gasteiger partial charge in [-0.3, -0.25) is 9.59 Å². The molecule has 1 N–H and O–H groups in total. The van der Waals surface area contributed by atoms with Crippen LogP contribution in [-0.4, -0.2) is 69.0 Å². The largest absolute Gasteiger partial charge is 0.497 e. The zero-order valence-electron chi connectivity index (χ0n) is 18.9. The van der Waals surface area contributed by atoms with Crippen molar-refractivity contribution in [1.82, 2.24) is 10.2 Å². The van der Waals surface area contributed by atoms with E-state index in [2.05, 4.69) is 10.3 Å². The van der Waals surface area contributed by atoms with E-state index in [0.717, 1.165) is 11.3 Å². The van der Waals surface area contributed by atoms with Gasteiger partial charge in [-0.05, 0) is 59.8 Å². The number of methoxy groups -OCH3 is 2. The lowest BCUT2D eigenvalue weighted by Crippen LogP contribution is -2.43. The van der Waals surface area contributed by atoms with Gasteiger partial charge in [-0.15, -0.1) is 0 Å². The first kappa shape index (κ1) is 23.7. The number of benzene rings is 2. The van der Waals surface area contributed by atoms with E-state index in [0.29, 0.717) is 53.6 Å². The van der Waals surface area contributed by atoms with Crippen LogP contribution in [0.4, 0.5) is 5.69 Å². The fourth-order valence-corrected chi connectivity index (χ4v) is 4.18. The maximum atomic E-state index is 12.4. The van der Waals surface area contributed by atoms with Crippen LogP contribution in [0.2, 0.25) is 0 Å². The minimum absolute atomic E-state index is 0.0831. The van der Waals surface area contributed by atoms with Gasteiger partial charge in [0.2, 0.25) is 0 Å². The van der Waals surface area contributed by atoms with Gasteiger partial charge in [-0.25, -0.2) is 4.99 Å². The average molecular weight is 484 g/mol. The van der Waals surface area contributed by atoms with Crippen molar-refractivity contribution in [3.05, 3.63) is 52.9 Å². The Kier molecular flexibility index (Phi) is 7.71. The lowest BCUT2D eigenvalue weighted by molar-refractivity contribution is -0.137. The van der Waals surface area contributed by atoms with Crippen molar-refractivity contribution >= 4 is 40.5 Å². The Morgan fingerprint density at radius 2 is 1.88 bits per heavy atom. The maximum Gasteiger partial charge on any atom is 0.264 e. The van der Waals surface area contributed by atoms with Crippen LogP contribution in [0, 0.1) is 0 Å². The third-order valence-electron chi connectivity index (χ3n) is 5.15. The van der Waals surface area contributed by atoms with Gasteiger partial charge in [0.15, 0.2) is 23.3 Å². The standard InChI is InChI=1S/C24H25N3O6S/c1-30-18-6-4-17(5-7-18)25-24-26-23(29)21(34-24)14-16-3-8-19(20(13-16)31-2)33-15-22(28)27-9-11-32-12-10-27/h3-8,13-14H,9-12,15H2,1-2H3,(H,25,26,29)/b21-14+. The molecule has 0 aliphatic carbocycles. The molecular weight excluding hydrogens is 458 g/mol. The highest BCUT2D eigenvalue weighted by Crippen LogP contribution is 2.32. The average Bonchev–Trinajstić information content (AvgIpc) is 3.21. The number of rotatable bonds is 7. The summed E-state index contributed by atoms with van der Waals surface area (Å²) >= 11 is 1.25. The molecule has 2 aliphatic rings. The smallest absolute Gasteiger partial charge is 0.264 e. The zero-order chi connectivity index (χ0) is 23.9. The molecule has 2 saturated heterocycles. The predicted octanol–water partition coefficient (Wildman–Crippen LogP) is 2.83. The SMILES string of the molecule is COc1ccc(N=C2NC(=O)/C(=C\c3ccc(OCC(=O)N4CCOCC4)c(OC)c3)S2)cc1. The minimum Gasteiger partial charge on any atom is -0.497 e. The number of nitrogens with zero attached hydrogens (tertiary/aromatic N) is 2. The summed E-state index contributed by atoms with van der Waals surface area (Å²) in [7, 11) is 3.13. The van der Waals surface area contributed by atoms with E-state index in [1.165, 1.54) is 18.9 Å². The molecule has 0 bridgehead atoms. The number of thioether (sulfide) groups is 1. The highest BCUT2D eigenvalue weighted by Gasteiger charge is 2.24. The van der Waals surface area contributed by atoms with Crippen LogP contribution in [0.25, 0.3) is 6.08 Å². The molecule has 2 aromatic rings. The van der Waals surface area contributed by atoms with Crippen LogP contribution >= 0.6 is 11.8 Å². The molecule has 0 aromatic heterocycles. The Morgan fingerprint density at radius 3 is 2.59 bits per heavy atom. The summed E-state index contributed by atoms with van der Waals surface area (Å²) in [4.78, 5) is 31.4. The molecule has 4 rings (SSSR count). The summed E-state index contributed by atoms with van der Waals surface area (Å²) in [5.41, 5.74) is 1.46. The molecule has 2 aliphatic heterocycles. The van der Waals surface area contributed by atoms with E-state index in [9.17, 15) is 9.59 Å². The number of amides is 2. The van der Waals surface area contributed by atoms with Crippen molar-refractivity contribution in [2.24, 2.45) is 4.99 Å². The van der Waals surface area contributed by atoms with Gasteiger partial charge in [0.25, 0.3) is 11.8 Å². The molecular formula is C24H25N3O6S. The van der Waals surface area contributed by atoms with E-state index in [1.54, 1.807) is 36.3 Å². The number of aliphatic imine (C=N–C) groups is 1. The van der Waals surface area contributed by atoms with E-state index in [1.807, 2.05) is 24.3 Å². The molecule has 0 saturated carbocycles. The van der Waals surface area contributed by atoms with Crippen molar-refractivity contribution in [1.29, 1.82) is 0 Å². The molecule has 9 nitrogen and oxygen atoms in total. The van der Waals surface area contributed by atoms with Crippen LogP contribution in [0.1, 0.15) is 5.56 Å². The summed E-state index contributed by atoms with van der Waals surface area (Å²) < 4.78 is 21.5. The van der Waals surface area contributed by atoms with Crippen molar-refractivity contribution in [3.8, 4) is 17.2 Å². The fraction of sp³-hybridized carbons (Fsp3) is 0.292. The molecule has 0 radical (unpaired) electrons. The van der Waals surface area contributed by atoms with Crippen LogP contribution in [0.3, 0.4) is 0 Å². The summed E-state index contributed by atoms with van der Waals surface area (Å²) in [5.74, 6) is 1.34. The lowest BCUT2D eigenvalue weighted by atomic mass is 10.2. The fourth-order valence-electron chi connectivity index (χ4n) is 3.34. The zero-order valence-corrected chi connectivity index (χ0v) is 19.7. The molecule has 2 fully saturated rings. The monoisotopic (exact) mass is 483 g/mol. The lowest BCUT2D eigenvalue weighted by Gasteiger charge is -2.26. The third kappa shape index (κ3) is 5.89. The van der Waals surface area contributed by atoms with Gasteiger partial charge in [-0.2, -0.15) is 0 Å². The number of carbonyl (C=O) groups is 2. The Morgan fingerprint density at radius 1 is 1.12 bits per heavy atom. The first-order valence-electron chi connectivity index (χ1n) is 10.7. The highest BCUT2D eigenvalue weighted by molar-refractivity contribution is 8.18. The number of ether oxygens (including phenoxy) is 4. The molecule has 2 aromatic carbocycles. The molecule has 34 heavy (non-hydrogen) atoms. The quantitative estimate of drug-likeness (QED) is 0.605. The second-order valence-corrected chi connectivity index (χ2v) is 8.40. The topological polar surface area (TPSA) is 98.7 Å². The number of amidine groups is 1. The van der Waals surface area contributed by atoms with Gasteiger partial charge in [0.05, 0.1) is 38.0 Å². The minimum atomic E-state index is -0.229. The summed E-state index contributed by atoms with van der Waals surface area (Å²) in [6, 6.07) is 12.5. The summed E-state index contributed by atoms with van der Waals surface area (Å²) in [6.07, 6.45) is 1.75. The molecule has 0 spiro atoms. The Labute approximate surface area is 201 Å². The number of hydrogen-bond donors (Lipinski definition) is 1. The Balaban J connectivity index is 1.42. The Hall–Kier alpha value is -3.50. The summed E-state index contributed by atoms with van der Waals surface area (Å²) in [6.45, 7) is 2.12. The van der Waals surface area contributed by atoms with Gasteiger partial charge in [0.1, 0.15) is 5.75 Å². The molecule has 10 heteroatoms. The number of carbonyl (C=O) groups excluding carboxylic acids is 2. The summed E-state index contributed by atoms with van der Waals surface area (Å²) in [5, 5.41) is 3.27. The van der Waals surface area contributed by atoms with Crippen molar-refractivity contribution in [3.63, 3.8) is 0 Å². The van der Waals surface area contributed by atoms with E-state index >= 15 is 0 Å². The first-order valence-corrected chi connectivity index (χ1v) is 11.5. The molecule has 0 unspecified atom stereocenters. The number of nitrogens with one attached hydrogen (secondary N) is 1. The second-order valence-electron chi connectivity index (χ2n) is 7.37. The van der Waals surface area contributed by atoms with E-state index in [4.69, 9.17) is 18.9 Å². The number of hydrogen-bond acceptors (Lipinski definition) is 8. The Bertz CT molecular complexity index is 1110. The van der Waals surface area contributed by atoms with Crippen molar-refractivity contribution < 1.29 is 28.5 Å². The molecule has 0 atom stereocenters. The normalized spacial score (nSPS) is 18.2. The van der Waals surface area contributed by atoms with Crippen LogP contribution in [-0.2, 0) is 14.3 Å². The van der Waals surface area contributed by atoms with E-state index < -0.39 is 0 Å². The first-order chi connectivity index (χ1) is 16.6.